The zero-order chi connectivity index (χ0) is 61.0. The quantitative estimate of drug-likeness (QED) is 0.0445. The van der Waals surface area contributed by atoms with E-state index in [1.807, 2.05) is 36.9 Å². The van der Waals surface area contributed by atoms with Gasteiger partial charge >= 0.3 is 24.1 Å². The van der Waals surface area contributed by atoms with Crippen LogP contribution in [-0.2, 0) is 46.2 Å². The van der Waals surface area contributed by atoms with Crippen molar-refractivity contribution in [1.82, 2.24) is 60.7 Å². The number of anilines is 1. The summed E-state index contributed by atoms with van der Waals surface area (Å²) in [6, 6.07) is 9.54. The summed E-state index contributed by atoms with van der Waals surface area (Å²) in [7, 11) is 0. The van der Waals surface area contributed by atoms with Crippen molar-refractivity contribution in [3.8, 4) is 23.0 Å². The van der Waals surface area contributed by atoms with E-state index in [1.165, 1.54) is 11.0 Å². The number of halogens is 3. The van der Waals surface area contributed by atoms with E-state index in [0.717, 1.165) is 11.8 Å². The number of pyridine rings is 3. The number of aliphatic carboxylic acids is 3. The highest BCUT2D eigenvalue weighted by molar-refractivity contribution is 5.96. The molecule has 0 saturated carbocycles. The number of rotatable bonds is 31. The van der Waals surface area contributed by atoms with Crippen molar-refractivity contribution in [2.24, 2.45) is 0 Å². The third-order valence-corrected chi connectivity index (χ3v) is 13.7. The average molecular weight is 1190 g/mol. The number of ether oxygens (including phenoxy) is 3. The fourth-order valence-corrected chi connectivity index (χ4v) is 9.53. The second-order valence-electron chi connectivity index (χ2n) is 19.9. The molecule has 4 amide bonds. The van der Waals surface area contributed by atoms with Crippen LogP contribution in [-0.4, -0.2) is 253 Å². The van der Waals surface area contributed by atoms with E-state index in [9.17, 15) is 62.1 Å². The van der Waals surface area contributed by atoms with Crippen molar-refractivity contribution in [2.75, 3.05) is 156 Å². The molecule has 0 aliphatic carbocycles. The summed E-state index contributed by atoms with van der Waals surface area (Å²) in [6.45, 7) is 9.53. The molecule has 5 heterocycles. The highest BCUT2D eigenvalue weighted by Crippen LogP contribution is 2.35. The maximum absolute atomic E-state index is 14.2. The van der Waals surface area contributed by atoms with Gasteiger partial charge in [0.15, 0.2) is 5.69 Å². The standard InChI is InChI=1S/C55H80F3N13O13/c1-4-39-34-70(54(81)41-10-15-48(83-5-2)65-52(41)55(56,57)58)29-30-71(39)44-12-11-42(40-9-7-17-63-53(40)84-6-3)64-43(44)33-59-16-8-18-60-45(72)13-14-46(73)61-19-31-82-32-20-62-47(74)35-66-21-23-67(36-49(75)76)25-27-69(38-51(79)80)28-26-68(24-22-66)37-50(77)78/h7,9-12,15,17,39,59H,4-6,8,13-14,16,18-38H2,1-3H3,(H,60,72)(H,61,73)(H,62,74)(H,75,76)(H,77,78)(H,79,80). The maximum Gasteiger partial charge on any atom is 0.434 e. The van der Waals surface area contributed by atoms with Gasteiger partial charge in [0.25, 0.3) is 5.91 Å². The number of hydrogen-bond acceptors (Lipinski definition) is 19. The Hall–Kier alpha value is -7.31. The van der Waals surface area contributed by atoms with Gasteiger partial charge in [-0.25, -0.2) is 15.0 Å². The van der Waals surface area contributed by atoms with Crippen molar-refractivity contribution in [3.05, 3.63) is 59.5 Å². The van der Waals surface area contributed by atoms with E-state index in [4.69, 9.17) is 19.2 Å². The van der Waals surface area contributed by atoms with E-state index in [2.05, 4.69) is 36.1 Å². The third kappa shape index (κ3) is 23.0. The number of piperazine rings is 1. The number of carboxylic acids is 3. The van der Waals surface area contributed by atoms with Gasteiger partial charge in [-0.3, -0.25) is 53.2 Å². The lowest BCUT2D eigenvalue weighted by Gasteiger charge is -2.43. The Morgan fingerprint density at radius 2 is 1.20 bits per heavy atom. The highest BCUT2D eigenvalue weighted by atomic mass is 19.4. The molecule has 7 N–H and O–H groups in total. The van der Waals surface area contributed by atoms with Crippen LogP contribution in [0.5, 0.6) is 11.8 Å². The Balaban J connectivity index is 1.03. The van der Waals surface area contributed by atoms with Crippen LogP contribution in [0.25, 0.3) is 11.3 Å². The molecule has 26 nitrogen and oxygen atoms in total. The smallest absolute Gasteiger partial charge is 0.434 e. The summed E-state index contributed by atoms with van der Waals surface area (Å²) in [5.41, 5.74) is 0.901. The molecular formula is C55H80F3N13O13. The van der Waals surface area contributed by atoms with E-state index in [1.54, 1.807) is 33.9 Å². The lowest BCUT2D eigenvalue weighted by molar-refractivity contribution is -0.142. The molecule has 3 aromatic rings. The highest BCUT2D eigenvalue weighted by Gasteiger charge is 2.40. The van der Waals surface area contributed by atoms with Crippen LogP contribution in [0.15, 0.2) is 42.6 Å². The van der Waals surface area contributed by atoms with Crippen LogP contribution in [0.1, 0.15) is 68.2 Å². The summed E-state index contributed by atoms with van der Waals surface area (Å²) < 4.78 is 59.1. The normalized spacial score (nSPS) is 16.2. The number of carbonyl (C=O) groups excluding carboxylic acids is 4. The Morgan fingerprint density at radius 3 is 1.75 bits per heavy atom. The second kappa shape index (κ2) is 35.1. The van der Waals surface area contributed by atoms with Gasteiger partial charge < -0.3 is 60.6 Å². The van der Waals surface area contributed by atoms with Crippen LogP contribution in [0.3, 0.4) is 0 Å². The van der Waals surface area contributed by atoms with Crippen LogP contribution in [0, 0.1) is 0 Å². The first-order valence-electron chi connectivity index (χ1n) is 28.3. The lowest BCUT2D eigenvalue weighted by atomic mass is 10.0. The molecule has 1 unspecified atom stereocenters. The first-order valence-corrected chi connectivity index (χ1v) is 28.3. The van der Waals surface area contributed by atoms with E-state index in [-0.39, 0.29) is 154 Å². The first kappa shape index (κ1) is 67.5. The zero-order valence-electron chi connectivity index (χ0n) is 48.0. The Kier molecular flexibility index (Phi) is 28.2. The van der Waals surface area contributed by atoms with E-state index in [0.29, 0.717) is 81.5 Å². The summed E-state index contributed by atoms with van der Waals surface area (Å²) in [5, 5.41) is 40.0. The van der Waals surface area contributed by atoms with Crippen molar-refractivity contribution >= 4 is 47.2 Å². The number of nitrogens with zero attached hydrogens (tertiary/aromatic N) is 9. The predicted molar refractivity (Wildman–Crippen MR) is 300 cm³/mol. The van der Waals surface area contributed by atoms with Gasteiger partial charge in [-0.05, 0) is 63.6 Å². The summed E-state index contributed by atoms with van der Waals surface area (Å²) in [4.78, 5) is 110. The van der Waals surface area contributed by atoms with Crippen molar-refractivity contribution < 1.29 is 76.3 Å². The van der Waals surface area contributed by atoms with Crippen LogP contribution < -0.4 is 35.6 Å². The SMILES string of the molecule is CCOc1ccc(C(=O)N2CCN(c3ccc(-c4cccnc4OCC)nc3CNCCCNC(=O)CCC(=O)NCCOCCNC(=O)CN3CCN(CC(=O)O)CCN(CC(=O)O)CCN(CC(=O)O)CC3)C(CC)C2)c(C(F)(F)F)n1. The van der Waals surface area contributed by atoms with Gasteiger partial charge in [0.05, 0.1) is 80.8 Å². The fourth-order valence-electron chi connectivity index (χ4n) is 9.53. The summed E-state index contributed by atoms with van der Waals surface area (Å²) in [5.74, 6) is -4.71. The molecule has 2 aliphatic rings. The molecule has 2 aliphatic heterocycles. The minimum Gasteiger partial charge on any atom is -0.480 e. The van der Waals surface area contributed by atoms with E-state index < -0.39 is 41.2 Å². The lowest BCUT2D eigenvalue weighted by Crippen LogP contribution is -2.55. The molecular weight excluding hydrogens is 1110 g/mol. The molecule has 3 aromatic heterocycles. The molecule has 84 heavy (non-hydrogen) atoms. The number of carbonyl (C=O) groups is 7. The van der Waals surface area contributed by atoms with Crippen LogP contribution in [0.4, 0.5) is 18.9 Å². The number of nitrogens with one attached hydrogen (secondary N) is 4. The first-order chi connectivity index (χ1) is 40.3. The van der Waals surface area contributed by atoms with Gasteiger partial charge in [0.2, 0.25) is 29.5 Å². The van der Waals surface area contributed by atoms with Gasteiger partial charge in [-0.15, -0.1) is 0 Å². The monoisotopic (exact) mass is 1190 g/mol. The van der Waals surface area contributed by atoms with Crippen molar-refractivity contribution in [3.63, 3.8) is 0 Å². The molecule has 5 rings (SSSR count). The second-order valence-corrected chi connectivity index (χ2v) is 19.9. The minimum absolute atomic E-state index is 0.0417. The van der Waals surface area contributed by atoms with Crippen molar-refractivity contribution in [1.29, 1.82) is 0 Å². The molecule has 2 saturated heterocycles. The zero-order valence-corrected chi connectivity index (χ0v) is 48.0. The molecule has 1 atom stereocenters. The van der Waals surface area contributed by atoms with Crippen molar-refractivity contribution in [2.45, 2.75) is 65.2 Å². The van der Waals surface area contributed by atoms with Gasteiger partial charge in [-0.2, -0.15) is 13.2 Å². The van der Waals surface area contributed by atoms with Gasteiger partial charge in [0, 0.05) is 129 Å². The number of amides is 4. The van der Waals surface area contributed by atoms with Crippen LogP contribution >= 0.6 is 0 Å². The maximum atomic E-state index is 14.2. The minimum atomic E-state index is -4.88. The Bertz CT molecular complexity index is 2610. The Morgan fingerprint density at radius 1 is 0.643 bits per heavy atom. The number of aromatic nitrogens is 3. The summed E-state index contributed by atoms with van der Waals surface area (Å²) in [6.07, 6.45) is -2.24. The molecule has 29 heteroatoms. The third-order valence-electron chi connectivity index (χ3n) is 13.7. The largest absolute Gasteiger partial charge is 0.480 e. The van der Waals surface area contributed by atoms with E-state index >= 15 is 0 Å². The predicted octanol–water partition coefficient (Wildman–Crippen LogP) is 1.20. The van der Waals surface area contributed by atoms with Gasteiger partial charge in [0.1, 0.15) is 0 Å². The van der Waals surface area contributed by atoms with Gasteiger partial charge in [-0.1, -0.05) is 6.92 Å². The molecule has 0 radical (unpaired) electrons. The van der Waals surface area contributed by atoms with Crippen LogP contribution in [0.2, 0.25) is 0 Å². The fraction of sp³-hybridized carbons (Fsp3) is 0.600. The molecule has 0 aromatic carbocycles. The number of carboxylic acid groups (broad SMARTS) is 3. The summed E-state index contributed by atoms with van der Waals surface area (Å²) >= 11 is 0. The number of alkyl halides is 3. The molecule has 0 spiro atoms. The Labute approximate surface area is 486 Å². The molecule has 0 bridgehead atoms. The molecule has 464 valence electrons. The average Bonchev–Trinajstić information content (AvgIpc) is 1.52. The number of hydrogen-bond donors (Lipinski definition) is 7. The topological polar surface area (TPSA) is 314 Å². The molecule has 2 fully saturated rings.